The third kappa shape index (κ3) is 4.79. The van der Waals surface area contributed by atoms with Gasteiger partial charge in [-0.15, -0.1) is 5.10 Å². The number of carboxylic acids is 1. The second kappa shape index (κ2) is 8.90. The number of aromatic nitrogens is 4. The first-order valence-electron chi connectivity index (χ1n) is 9.04. The lowest BCUT2D eigenvalue weighted by Gasteiger charge is -2.17. The Morgan fingerprint density at radius 1 is 1.18 bits per heavy atom. The van der Waals surface area contributed by atoms with Crippen LogP contribution in [0.5, 0.6) is 0 Å². The van der Waals surface area contributed by atoms with Crippen molar-refractivity contribution in [2.75, 3.05) is 5.32 Å². The molecule has 8 nitrogen and oxygen atoms in total. The maximum Gasteiger partial charge on any atom is 0.335 e. The molecule has 144 valence electrons. The molecule has 1 amide bonds. The lowest BCUT2D eigenvalue weighted by molar-refractivity contribution is -0.120. The van der Waals surface area contributed by atoms with Gasteiger partial charge in [0.25, 0.3) is 0 Å². The minimum Gasteiger partial charge on any atom is -0.478 e. The largest absolute Gasteiger partial charge is 0.478 e. The van der Waals surface area contributed by atoms with Crippen LogP contribution in [0.1, 0.15) is 35.7 Å². The third-order valence-corrected chi connectivity index (χ3v) is 4.44. The summed E-state index contributed by atoms with van der Waals surface area (Å²) in [6, 6.07) is 14.0. The van der Waals surface area contributed by atoms with Gasteiger partial charge in [-0.1, -0.05) is 43.7 Å². The van der Waals surface area contributed by atoms with E-state index in [0.29, 0.717) is 17.9 Å². The Kier molecular flexibility index (Phi) is 6.11. The van der Waals surface area contributed by atoms with Gasteiger partial charge in [0, 0.05) is 17.2 Å². The van der Waals surface area contributed by atoms with Crippen molar-refractivity contribution in [3.8, 4) is 11.4 Å². The van der Waals surface area contributed by atoms with Crippen LogP contribution in [0.15, 0.2) is 48.5 Å². The van der Waals surface area contributed by atoms with Crippen LogP contribution >= 0.6 is 0 Å². The van der Waals surface area contributed by atoms with Crippen LogP contribution in [0, 0.1) is 5.92 Å². The van der Waals surface area contributed by atoms with Gasteiger partial charge in [0.15, 0.2) is 5.82 Å². The molecular weight excluding hydrogens is 358 g/mol. The molecule has 0 fully saturated rings. The van der Waals surface area contributed by atoms with E-state index in [-0.39, 0.29) is 17.4 Å². The monoisotopic (exact) mass is 379 g/mol. The van der Waals surface area contributed by atoms with Gasteiger partial charge in [0.1, 0.15) is 0 Å². The molecule has 3 N–H and O–H groups in total. The highest BCUT2D eigenvalue weighted by Crippen LogP contribution is 2.20. The van der Waals surface area contributed by atoms with Gasteiger partial charge >= 0.3 is 5.97 Å². The number of benzene rings is 2. The van der Waals surface area contributed by atoms with Crippen molar-refractivity contribution in [1.82, 2.24) is 20.6 Å². The van der Waals surface area contributed by atoms with E-state index >= 15 is 0 Å². The van der Waals surface area contributed by atoms with Crippen LogP contribution in [0.4, 0.5) is 5.69 Å². The molecule has 0 saturated carbocycles. The second-order valence-corrected chi connectivity index (χ2v) is 6.51. The van der Waals surface area contributed by atoms with Crippen LogP contribution < -0.4 is 5.32 Å². The summed E-state index contributed by atoms with van der Waals surface area (Å²) in [5.74, 6) is -0.764. The standard InChI is InChI=1S/C20H21N5O3/c1-2-4-15(19(26)21-17-6-3-5-16(12-17)20(27)28)11-13-7-9-14(10-8-13)18-22-24-25-23-18/h3,5-10,12,15H,2,4,11H2,1H3,(H,21,26)(H,27,28)(H,22,23,24,25). The van der Waals surface area contributed by atoms with E-state index in [0.717, 1.165) is 24.0 Å². The molecule has 0 spiro atoms. The summed E-state index contributed by atoms with van der Waals surface area (Å²) >= 11 is 0. The molecular formula is C20H21N5O3. The van der Waals surface area contributed by atoms with E-state index < -0.39 is 5.97 Å². The van der Waals surface area contributed by atoms with Crippen molar-refractivity contribution in [3.63, 3.8) is 0 Å². The number of carbonyl (C=O) groups is 2. The van der Waals surface area contributed by atoms with Crippen LogP contribution in [-0.2, 0) is 11.2 Å². The number of aromatic carboxylic acids is 1. The van der Waals surface area contributed by atoms with E-state index in [1.165, 1.54) is 12.1 Å². The molecule has 0 radical (unpaired) electrons. The molecule has 1 aromatic heterocycles. The molecule has 1 heterocycles. The molecule has 0 aliphatic rings. The van der Waals surface area contributed by atoms with Crippen molar-refractivity contribution in [1.29, 1.82) is 0 Å². The fourth-order valence-electron chi connectivity index (χ4n) is 3.01. The molecule has 0 saturated heterocycles. The first-order chi connectivity index (χ1) is 13.6. The van der Waals surface area contributed by atoms with Crippen LogP contribution in [0.25, 0.3) is 11.4 Å². The smallest absolute Gasteiger partial charge is 0.335 e. The Balaban J connectivity index is 1.69. The van der Waals surface area contributed by atoms with Gasteiger partial charge < -0.3 is 10.4 Å². The molecule has 2 aromatic carbocycles. The molecule has 3 rings (SSSR count). The SMILES string of the molecule is CCCC(Cc1ccc(-c2nnn[nH]2)cc1)C(=O)Nc1cccc(C(=O)O)c1. The molecule has 1 unspecified atom stereocenters. The molecule has 8 heteroatoms. The Bertz CT molecular complexity index is 939. The van der Waals surface area contributed by atoms with Crippen molar-refractivity contribution in [3.05, 3.63) is 59.7 Å². The predicted octanol–water partition coefficient (Wildman–Crippen LogP) is 3.16. The van der Waals surface area contributed by atoms with E-state index in [9.17, 15) is 9.59 Å². The summed E-state index contributed by atoms with van der Waals surface area (Å²) in [6.45, 7) is 2.03. The maximum absolute atomic E-state index is 12.8. The average Bonchev–Trinajstić information content (AvgIpc) is 3.23. The Labute approximate surface area is 162 Å². The minimum atomic E-state index is -1.02. The number of carboxylic acid groups (broad SMARTS) is 1. The number of hydrogen-bond donors (Lipinski definition) is 3. The highest BCUT2D eigenvalue weighted by atomic mass is 16.4. The van der Waals surface area contributed by atoms with Gasteiger partial charge in [-0.25, -0.2) is 9.89 Å². The summed E-state index contributed by atoms with van der Waals surface area (Å²) < 4.78 is 0. The Morgan fingerprint density at radius 2 is 1.96 bits per heavy atom. The predicted molar refractivity (Wildman–Crippen MR) is 104 cm³/mol. The van der Waals surface area contributed by atoms with Gasteiger partial charge in [-0.3, -0.25) is 4.79 Å². The van der Waals surface area contributed by atoms with Crippen molar-refractivity contribution < 1.29 is 14.7 Å². The fourth-order valence-corrected chi connectivity index (χ4v) is 3.01. The lowest BCUT2D eigenvalue weighted by atomic mass is 9.93. The highest BCUT2D eigenvalue weighted by Gasteiger charge is 2.19. The Hall–Kier alpha value is -3.55. The zero-order valence-corrected chi connectivity index (χ0v) is 15.4. The number of amides is 1. The zero-order valence-electron chi connectivity index (χ0n) is 15.4. The quantitative estimate of drug-likeness (QED) is 0.553. The van der Waals surface area contributed by atoms with E-state index in [4.69, 9.17) is 5.11 Å². The van der Waals surface area contributed by atoms with Gasteiger partial charge in [-0.2, -0.15) is 0 Å². The number of nitrogens with zero attached hydrogens (tertiary/aromatic N) is 3. The maximum atomic E-state index is 12.8. The topological polar surface area (TPSA) is 121 Å². The first-order valence-corrected chi connectivity index (χ1v) is 9.04. The minimum absolute atomic E-state index is 0.118. The number of rotatable bonds is 8. The van der Waals surface area contributed by atoms with Gasteiger partial charge in [0.2, 0.25) is 5.91 Å². The Morgan fingerprint density at radius 3 is 2.61 bits per heavy atom. The van der Waals surface area contributed by atoms with Crippen LogP contribution in [0.3, 0.4) is 0 Å². The lowest BCUT2D eigenvalue weighted by Crippen LogP contribution is -2.24. The molecule has 0 aliphatic heterocycles. The van der Waals surface area contributed by atoms with Gasteiger partial charge in [-0.05, 0) is 47.0 Å². The number of hydrogen-bond acceptors (Lipinski definition) is 5. The molecule has 28 heavy (non-hydrogen) atoms. The first kappa shape index (κ1) is 19.2. The zero-order chi connectivity index (χ0) is 19.9. The van der Waals surface area contributed by atoms with E-state index in [2.05, 4.69) is 25.9 Å². The summed E-state index contributed by atoms with van der Waals surface area (Å²) in [6.07, 6.45) is 2.19. The summed E-state index contributed by atoms with van der Waals surface area (Å²) in [5, 5.41) is 25.7. The van der Waals surface area contributed by atoms with Crippen molar-refractivity contribution in [2.45, 2.75) is 26.2 Å². The normalized spacial score (nSPS) is 11.8. The average molecular weight is 379 g/mol. The number of nitrogens with one attached hydrogen (secondary N) is 2. The van der Waals surface area contributed by atoms with E-state index in [1.807, 2.05) is 31.2 Å². The third-order valence-electron chi connectivity index (χ3n) is 4.44. The number of tetrazole rings is 1. The van der Waals surface area contributed by atoms with Gasteiger partial charge in [0.05, 0.1) is 5.56 Å². The highest BCUT2D eigenvalue weighted by molar-refractivity contribution is 5.95. The number of aromatic amines is 1. The fraction of sp³-hybridized carbons (Fsp3) is 0.250. The number of anilines is 1. The molecule has 0 bridgehead atoms. The van der Waals surface area contributed by atoms with E-state index in [1.54, 1.807) is 12.1 Å². The molecule has 3 aromatic rings. The molecule has 1 atom stereocenters. The van der Waals surface area contributed by atoms with Crippen LogP contribution in [0.2, 0.25) is 0 Å². The number of H-pyrrole nitrogens is 1. The number of carbonyl (C=O) groups excluding carboxylic acids is 1. The van der Waals surface area contributed by atoms with Crippen molar-refractivity contribution in [2.24, 2.45) is 5.92 Å². The summed E-state index contributed by atoms with van der Waals surface area (Å²) in [4.78, 5) is 23.9. The second-order valence-electron chi connectivity index (χ2n) is 6.51. The summed E-state index contributed by atoms with van der Waals surface area (Å²) in [5.41, 5.74) is 2.53. The van der Waals surface area contributed by atoms with Crippen molar-refractivity contribution >= 4 is 17.6 Å². The summed E-state index contributed by atoms with van der Waals surface area (Å²) in [7, 11) is 0. The molecule has 0 aliphatic carbocycles. The van der Waals surface area contributed by atoms with Crippen LogP contribution in [-0.4, -0.2) is 37.6 Å².